The molecule has 1 spiro atoms. The highest BCUT2D eigenvalue weighted by molar-refractivity contribution is 5.95. The summed E-state index contributed by atoms with van der Waals surface area (Å²) in [6.07, 6.45) is 10.5. The van der Waals surface area contributed by atoms with Gasteiger partial charge < -0.3 is 38.8 Å². The number of fused-ring (bicyclic) bond motifs is 6. The molecule has 4 saturated heterocycles. The summed E-state index contributed by atoms with van der Waals surface area (Å²) in [5, 5.41) is 23.1. The Morgan fingerprint density at radius 2 is 1.72 bits per heavy atom. The second kappa shape index (κ2) is 23.9. The van der Waals surface area contributed by atoms with Crippen molar-refractivity contribution in [2.24, 2.45) is 34.5 Å². The molecule has 3 unspecified atom stereocenters. The number of pyridine rings is 1. The normalized spacial score (nSPS) is 28.5. The molecule has 8 fully saturated rings. The minimum absolute atomic E-state index is 0.0162. The van der Waals surface area contributed by atoms with Crippen LogP contribution in [0.4, 0.5) is 29.3 Å². The molecule has 4 aliphatic carbocycles. The number of benzene rings is 1. The number of aromatic nitrogens is 5. The van der Waals surface area contributed by atoms with E-state index in [0.717, 1.165) is 107 Å². The molecule has 5 aliphatic heterocycles. The number of esters is 1. The number of ether oxygens (including phenoxy) is 3. The number of anilines is 2. The van der Waals surface area contributed by atoms with Crippen LogP contribution in [-0.2, 0) is 41.6 Å². The van der Waals surface area contributed by atoms with E-state index >= 15 is 22.8 Å². The van der Waals surface area contributed by atoms with E-state index in [4.69, 9.17) is 19.2 Å². The highest BCUT2D eigenvalue weighted by atomic mass is 19.4. The smallest absolute Gasteiger partial charge is 0.406 e. The van der Waals surface area contributed by atoms with E-state index in [0.29, 0.717) is 91.0 Å². The zero-order valence-corrected chi connectivity index (χ0v) is 50.7. The number of hydrazine groups is 1. The quantitative estimate of drug-likeness (QED) is 0.136. The van der Waals surface area contributed by atoms with Gasteiger partial charge in [0.2, 0.25) is 5.91 Å². The predicted molar refractivity (Wildman–Crippen MR) is 317 cm³/mol. The van der Waals surface area contributed by atoms with Crippen LogP contribution in [-0.4, -0.2) is 172 Å². The Bertz CT molecular complexity index is 3290. The van der Waals surface area contributed by atoms with Crippen LogP contribution in [0.2, 0.25) is 0 Å². The van der Waals surface area contributed by atoms with Gasteiger partial charge in [0.05, 0.1) is 54.9 Å². The summed E-state index contributed by atoms with van der Waals surface area (Å²) in [5.41, 5.74) is 6.45. The van der Waals surface area contributed by atoms with Crippen molar-refractivity contribution in [1.82, 2.24) is 50.1 Å². The van der Waals surface area contributed by atoms with Crippen LogP contribution in [0.5, 0.6) is 0 Å². The lowest BCUT2D eigenvalue weighted by atomic mass is 9.60. The van der Waals surface area contributed by atoms with Gasteiger partial charge in [0.25, 0.3) is 5.91 Å². The van der Waals surface area contributed by atoms with Gasteiger partial charge in [0, 0.05) is 117 Å². The van der Waals surface area contributed by atoms with Gasteiger partial charge in [-0.05, 0) is 132 Å². The molecule has 23 heteroatoms. The zero-order valence-electron chi connectivity index (χ0n) is 50.7. The van der Waals surface area contributed by atoms with Crippen molar-refractivity contribution >= 4 is 46.1 Å². The second-order valence-electron chi connectivity index (χ2n) is 27.6. The van der Waals surface area contributed by atoms with Crippen molar-refractivity contribution in [3.63, 3.8) is 0 Å². The molecule has 9 aliphatic rings. The monoisotopic (exact) mass is 1200 g/mol. The van der Waals surface area contributed by atoms with Crippen molar-refractivity contribution in [2.75, 3.05) is 82.5 Å². The fraction of sp³-hybridized carbons (Fsp3) is 0.688. The minimum atomic E-state index is -4.60. The number of carbonyl (C=O) groups is 4. The van der Waals surface area contributed by atoms with E-state index < -0.39 is 48.4 Å². The molecule has 3 aromatic heterocycles. The lowest BCUT2D eigenvalue weighted by molar-refractivity contribution is -0.156. The molecular weight excluding hydrogens is 1120 g/mol. The Morgan fingerprint density at radius 1 is 0.931 bits per heavy atom. The Balaban J connectivity index is 0.832. The average molecular weight is 1200 g/mol. The van der Waals surface area contributed by atoms with Crippen LogP contribution in [0.15, 0.2) is 36.7 Å². The van der Waals surface area contributed by atoms with E-state index in [2.05, 4.69) is 35.6 Å². The third-order valence-electron chi connectivity index (χ3n) is 21.2. The van der Waals surface area contributed by atoms with Gasteiger partial charge in [-0.15, -0.1) is 5.10 Å². The Hall–Kier alpha value is -6.35. The third kappa shape index (κ3) is 11.9. The number of hydrogen-bond donors (Lipinski definition) is 2. The molecule has 2 N–H and O–H groups in total. The van der Waals surface area contributed by atoms with Gasteiger partial charge in [0.1, 0.15) is 24.7 Å². The summed E-state index contributed by atoms with van der Waals surface area (Å²) in [4.78, 5) is 74.0. The molecule has 4 saturated carbocycles. The SMILES string of the molecule is CO[C@@H](C)c1ncc(N2CCN(C3CC3)CC2)cc1-c1c2c3cc(ccc3n1CC(F)(F)F)N1CCO[C@@H](C[C@H](NC(=O)[C@H](C3CCCC3)C3CCC4(C3)CN(C(=O)n3ncc(C#N)n3)C4C3CCC3)C(=O)N3CCC[C@H](N3)C(=O)OCC(C)(C)C2)C1. The van der Waals surface area contributed by atoms with Crippen molar-refractivity contribution < 1.29 is 46.6 Å². The summed E-state index contributed by atoms with van der Waals surface area (Å²) < 4.78 is 66.0. The maximum Gasteiger partial charge on any atom is 0.406 e. The molecule has 1 aromatic carbocycles. The Labute approximate surface area is 506 Å². The van der Waals surface area contributed by atoms with Gasteiger partial charge in [-0.3, -0.25) is 29.3 Å². The first-order chi connectivity index (χ1) is 41.9. The van der Waals surface area contributed by atoms with Crippen LogP contribution < -0.4 is 20.5 Å². The van der Waals surface area contributed by atoms with E-state index in [9.17, 15) is 14.9 Å². The van der Waals surface area contributed by atoms with Crippen LogP contribution >= 0.6 is 0 Å². The number of likely N-dealkylation sites (tertiary alicyclic amines) is 1. The number of rotatable bonds is 11. The average Bonchev–Trinajstić information content (AvgIpc) is 1.70. The summed E-state index contributed by atoms with van der Waals surface area (Å²) in [5.74, 6) is -1.000. The van der Waals surface area contributed by atoms with Gasteiger partial charge in [-0.1, -0.05) is 37.9 Å². The summed E-state index contributed by atoms with van der Waals surface area (Å²) >= 11 is 0. The largest absolute Gasteiger partial charge is 0.464 e. The molecule has 4 aromatic rings. The van der Waals surface area contributed by atoms with Crippen LogP contribution in [0, 0.1) is 45.8 Å². The molecule has 8 heterocycles. The first-order valence-electron chi connectivity index (χ1n) is 32.1. The molecule has 0 radical (unpaired) electrons. The molecule has 87 heavy (non-hydrogen) atoms. The maximum atomic E-state index is 15.5. The highest BCUT2D eigenvalue weighted by Gasteiger charge is 2.62. The number of nitriles is 1. The molecule has 3 amide bonds. The van der Waals surface area contributed by atoms with Gasteiger partial charge in [-0.25, -0.2) is 10.2 Å². The molecule has 468 valence electrons. The first kappa shape index (κ1) is 59.6. The van der Waals surface area contributed by atoms with Crippen LogP contribution in [0.25, 0.3) is 22.2 Å². The number of cyclic esters (lactones) is 1. The summed E-state index contributed by atoms with van der Waals surface area (Å²) in [7, 11) is 1.58. The molecular formula is C64H84F3N13O7. The third-order valence-corrected chi connectivity index (χ3v) is 21.2. The van der Waals surface area contributed by atoms with Crippen molar-refractivity contribution in [2.45, 2.75) is 173 Å². The maximum absolute atomic E-state index is 15.5. The van der Waals surface area contributed by atoms with Gasteiger partial charge >= 0.3 is 18.2 Å². The fourth-order valence-electron chi connectivity index (χ4n) is 16.5. The van der Waals surface area contributed by atoms with Gasteiger partial charge in [-0.2, -0.15) is 23.5 Å². The summed E-state index contributed by atoms with van der Waals surface area (Å²) in [6, 6.07) is 7.95. The molecule has 6 bridgehead atoms. The standard InChI is InChI=1S/C64H84F3N13O7/c1-39(85-4)55-49(28-46(34-69-55)75-23-21-74(22-24-75)44-14-15-44)56-50-31-62(2,3)38-87-60(83)51-13-8-20-79(73-51)59(82)52(29-47-35-76(25-26-86-47)45-16-17-53(48(50)27-45)77(56)37-64(65,66)67)71-58(81)54(40-9-5-6-10-40)42-18-19-63(30-42)36-78(57(63)41-11-7-12-41)61(84)80-70-33-43(32-68)72-80/h16-17,27-28,33-34,39-42,44,47,51-52,54,57,73H,5-15,18-26,29-31,35-38H2,1-4H3,(H,71,81)/t39-,42?,47-,51-,52-,54+,57?,63?/m0/s1. The molecule has 8 atom stereocenters. The van der Waals surface area contributed by atoms with E-state index in [-0.39, 0.29) is 72.2 Å². The second-order valence-corrected chi connectivity index (χ2v) is 27.6. The number of nitrogens with zero attached hydrogens (tertiary/aromatic N) is 11. The zero-order chi connectivity index (χ0) is 60.5. The number of morpholine rings is 1. The lowest BCUT2D eigenvalue weighted by Gasteiger charge is -2.60. The van der Waals surface area contributed by atoms with Crippen molar-refractivity contribution in [3.05, 3.63) is 53.6 Å². The van der Waals surface area contributed by atoms with E-state index in [1.807, 2.05) is 56.1 Å². The topological polar surface area (TPSA) is 209 Å². The highest BCUT2D eigenvalue weighted by Crippen LogP contribution is 2.60. The number of amides is 3. The van der Waals surface area contributed by atoms with Crippen LogP contribution in [0.3, 0.4) is 0 Å². The van der Waals surface area contributed by atoms with Crippen LogP contribution in [0.1, 0.15) is 140 Å². The number of piperazine rings is 1. The predicted octanol–water partition coefficient (Wildman–Crippen LogP) is 8.17. The van der Waals surface area contributed by atoms with Gasteiger partial charge in [0.15, 0.2) is 5.69 Å². The Kier molecular flexibility index (Phi) is 16.4. The number of methoxy groups -OCH3 is 1. The number of halogens is 3. The van der Waals surface area contributed by atoms with Crippen molar-refractivity contribution in [3.8, 4) is 17.3 Å². The fourth-order valence-corrected chi connectivity index (χ4v) is 16.5. The Morgan fingerprint density at radius 3 is 2.44 bits per heavy atom. The minimum Gasteiger partial charge on any atom is -0.464 e. The van der Waals surface area contributed by atoms with E-state index in [1.165, 1.54) is 28.6 Å². The first-order valence-corrected chi connectivity index (χ1v) is 32.1. The molecule has 20 nitrogen and oxygen atoms in total. The number of nitrogens with one attached hydrogen (secondary N) is 2. The number of hydrogen-bond acceptors (Lipinski definition) is 15. The molecule has 13 rings (SSSR count). The van der Waals surface area contributed by atoms with E-state index in [1.54, 1.807) is 13.2 Å². The van der Waals surface area contributed by atoms with Crippen molar-refractivity contribution in [1.29, 1.82) is 5.26 Å². The lowest BCUT2D eigenvalue weighted by Crippen LogP contribution is -2.69. The number of alkyl halides is 3. The summed E-state index contributed by atoms with van der Waals surface area (Å²) in [6.45, 7) is 9.70. The number of carbonyl (C=O) groups excluding carboxylic acids is 4.